The molecule has 0 amide bonds. The molecule has 28 heavy (non-hydrogen) atoms. The summed E-state index contributed by atoms with van der Waals surface area (Å²) in [6, 6.07) is 11.6. The standard InChI is InChI=1S/C22H21FN2O2S/c1-22(2,3)19(26)13-20-25(14-15-7-6-8-16(23)11-15)21(27)18(28-20)12-17-9-4-5-10-24-17/h4-13H,14H2,1-3H3/b18-12-,20-13-. The molecule has 0 bridgehead atoms. The molecule has 2 heterocycles. The third-order valence-electron chi connectivity index (χ3n) is 4.13. The number of halogens is 1. The van der Waals surface area contributed by atoms with Gasteiger partial charge in [-0.15, -0.1) is 11.3 Å². The van der Waals surface area contributed by atoms with Gasteiger partial charge in [-0.05, 0) is 35.9 Å². The van der Waals surface area contributed by atoms with Gasteiger partial charge in [-0.1, -0.05) is 39.0 Å². The predicted octanol–water partition coefficient (Wildman–Crippen LogP) is 2.72. The lowest BCUT2D eigenvalue weighted by Gasteiger charge is -2.13. The number of carbonyl (C=O) groups is 1. The SMILES string of the molecule is CC(C)(C)C(=O)/C=c1\s/c(=C\c2ccccn2)c(=O)n1Cc1cccc(F)c1. The van der Waals surface area contributed by atoms with E-state index in [1.165, 1.54) is 34.1 Å². The highest BCUT2D eigenvalue weighted by molar-refractivity contribution is 7.07. The number of aromatic nitrogens is 2. The zero-order valence-corrected chi connectivity index (χ0v) is 16.8. The molecule has 0 fully saturated rings. The fraction of sp³-hybridized carbons (Fsp3) is 0.227. The summed E-state index contributed by atoms with van der Waals surface area (Å²) < 4.78 is 16.1. The third-order valence-corrected chi connectivity index (χ3v) is 5.19. The Morgan fingerprint density at radius 2 is 2.00 bits per heavy atom. The maximum Gasteiger partial charge on any atom is 0.269 e. The summed E-state index contributed by atoms with van der Waals surface area (Å²) in [6.45, 7) is 5.67. The van der Waals surface area contributed by atoms with Gasteiger partial charge in [0.25, 0.3) is 5.56 Å². The molecular weight excluding hydrogens is 375 g/mol. The van der Waals surface area contributed by atoms with Gasteiger partial charge in [-0.25, -0.2) is 4.39 Å². The van der Waals surface area contributed by atoms with Gasteiger partial charge < -0.3 is 0 Å². The first-order chi connectivity index (χ1) is 13.2. The highest BCUT2D eigenvalue weighted by atomic mass is 32.1. The lowest BCUT2D eigenvalue weighted by atomic mass is 9.91. The van der Waals surface area contributed by atoms with Crippen molar-refractivity contribution < 1.29 is 9.18 Å². The Morgan fingerprint density at radius 1 is 1.21 bits per heavy atom. The van der Waals surface area contributed by atoms with Crippen molar-refractivity contribution in [3.05, 3.63) is 85.3 Å². The summed E-state index contributed by atoms with van der Waals surface area (Å²) in [7, 11) is 0. The number of thiazole rings is 1. The van der Waals surface area contributed by atoms with E-state index in [1.54, 1.807) is 36.5 Å². The molecule has 3 rings (SSSR count). The van der Waals surface area contributed by atoms with Gasteiger partial charge in [0.1, 0.15) is 10.5 Å². The molecule has 0 saturated carbocycles. The molecule has 0 aliphatic rings. The largest absolute Gasteiger partial charge is 0.294 e. The quantitative estimate of drug-likeness (QED) is 0.681. The molecule has 3 aromatic rings. The van der Waals surface area contributed by atoms with Gasteiger partial charge in [-0.3, -0.25) is 19.1 Å². The van der Waals surface area contributed by atoms with Crippen molar-refractivity contribution in [1.29, 1.82) is 0 Å². The van der Waals surface area contributed by atoms with Gasteiger partial charge in [0.15, 0.2) is 5.78 Å². The Hall–Kier alpha value is -2.86. The zero-order chi connectivity index (χ0) is 20.3. The van der Waals surface area contributed by atoms with Gasteiger partial charge in [0.2, 0.25) is 0 Å². The minimum absolute atomic E-state index is 0.0777. The van der Waals surface area contributed by atoms with Gasteiger partial charge in [-0.2, -0.15) is 0 Å². The van der Waals surface area contributed by atoms with Crippen molar-refractivity contribution in [2.75, 3.05) is 0 Å². The normalized spacial score (nSPS) is 13.1. The van der Waals surface area contributed by atoms with Crippen LogP contribution in [0.1, 0.15) is 32.0 Å². The average molecular weight is 396 g/mol. The molecule has 2 aromatic heterocycles. The molecule has 0 radical (unpaired) electrons. The van der Waals surface area contributed by atoms with Gasteiger partial charge in [0, 0.05) is 17.7 Å². The molecule has 144 valence electrons. The van der Waals surface area contributed by atoms with Crippen LogP contribution in [0.25, 0.3) is 12.2 Å². The molecule has 0 N–H and O–H groups in total. The number of Topliss-reactive ketones (excluding diaryl/α,β-unsaturated/α-hetero) is 1. The van der Waals surface area contributed by atoms with Crippen LogP contribution in [0.3, 0.4) is 0 Å². The fourth-order valence-electron chi connectivity index (χ4n) is 2.54. The van der Waals surface area contributed by atoms with E-state index in [0.717, 1.165) is 0 Å². The highest BCUT2D eigenvalue weighted by Gasteiger charge is 2.19. The lowest BCUT2D eigenvalue weighted by Crippen LogP contribution is -2.33. The number of rotatable bonds is 4. The maximum absolute atomic E-state index is 13.6. The van der Waals surface area contributed by atoms with Crippen molar-refractivity contribution in [1.82, 2.24) is 9.55 Å². The van der Waals surface area contributed by atoms with Crippen LogP contribution in [-0.4, -0.2) is 15.3 Å². The second-order valence-electron chi connectivity index (χ2n) is 7.48. The van der Waals surface area contributed by atoms with Crippen LogP contribution < -0.4 is 14.8 Å². The Morgan fingerprint density at radius 3 is 2.64 bits per heavy atom. The van der Waals surface area contributed by atoms with Crippen LogP contribution in [0.15, 0.2) is 53.5 Å². The van der Waals surface area contributed by atoms with Crippen LogP contribution in [0.2, 0.25) is 0 Å². The molecule has 0 atom stereocenters. The number of pyridine rings is 1. The van der Waals surface area contributed by atoms with Crippen molar-refractivity contribution in [3.63, 3.8) is 0 Å². The first-order valence-corrected chi connectivity index (χ1v) is 9.69. The topological polar surface area (TPSA) is 52.0 Å². The first-order valence-electron chi connectivity index (χ1n) is 8.87. The molecule has 0 aliphatic heterocycles. The number of nitrogens with zero attached hydrogens (tertiary/aromatic N) is 2. The van der Waals surface area contributed by atoms with Crippen molar-refractivity contribution in [3.8, 4) is 0 Å². The summed E-state index contributed by atoms with van der Waals surface area (Å²) in [6.07, 6.45) is 4.86. The van der Waals surface area contributed by atoms with Crippen molar-refractivity contribution in [2.24, 2.45) is 5.41 Å². The summed E-state index contributed by atoms with van der Waals surface area (Å²) in [5, 5.41) is 0. The molecular formula is C22H21FN2O2S. The Labute approximate surface area is 166 Å². The van der Waals surface area contributed by atoms with Crippen molar-refractivity contribution >= 4 is 29.3 Å². The van der Waals surface area contributed by atoms with Crippen LogP contribution in [-0.2, 0) is 11.3 Å². The number of ketones is 1. The lowest BCUT2D eigenvalue weighted by molar-refractivity contribution is -0.120. The fourth-order valence-corrected chi connectivity index (χ4v) is 3.56. The van der Waals surface area contributed by atoms with E-state index in [4.69, 9.17) is 0 Å². The molecule has 6 heteroatoms. The van der Waals surface area contributed by atoms with E-state index in [2.05, 4.69) is 4.98 Å². The minimum atomic E-state index is -0.561. The average Bonchev–Trinajstić information content (AvgIpc) is 2.91. The predicted molar refractivity (Wildman–Crippen MR) is 110 cm³/mol. The molecule has 0 aliphatic carbocycles. The molecule has 0 spiro atoms. The van der Waals surface area contributed by atoms with Crippen molar-refractivity contribution in [2.45, 2.75) is 27.3 Å². The van der Waals surface area contributed by atoms with E-state index in [1.807, 2.05) is 26.8 Å². The molecule has 4 nitrogen and oxygen atoms in total. The van der Waals surface area contributed by atoms with E-state index < -0.39 is 5.41 Å². The second-order valence-corrected chi connectivity index (χ2v) is 8.55. The van der Waals surface area contributed by atoms with E-state index >= 15 is 0 Å². The Kier molecular flexibility index (Phi) is 5.70. The summed E-state index contributed by atoms with van der Waals surface area (Å²) in [5.41, 5.74) is 0.525. The van der Waals surface area contributed by atoms with Crippen LogP contribution in [0.5, 0.6) is 0 Å². The summed E-state index contributed by atoms with van der Waals surface area (Å²) in [5.74, 6) is -0.441. The zero-order valence-electron chi connectivity index (χ0n) is 16.0. The number of benzene rings is 1. The van der Waals surface area contributed by atoms with Gasteiger partial charge >= 0.3 is 0 Å². The van der Waals surface area contributed by atoms with E-state index in [0.29, 0.717) is 20.5 Å². The molecule has 0 unspecified atom stereocenters. The smallest absolute Gasteiger partial charge is 0.269 e. The summed E-state index contributed by atoms with van der Waals surface area (Å²) in [4.78, 5) is 29.8. The summed E-state index contributed by atoms with van der Waals surface area (Å²) >= 11 is 1.23. The van der Waals surface area contributed by atoms with Crippen LogP contribution in [0, 0.1) is 11.2 Å². The third kappa shape index (κ3) is 4.70. The molecule has 0 saturated heterocycles. The minimum Gasteiger partial charge on any atom is -0.294 e. The molecule has 1 aromatic carbocycles. The second kappa shape index (κ2) is 8.02. The number of carbonyl (C=O) groups excluding carboxylic acids is 1. The van der Waals surface area contributed by atoms with Crippen LogP contribution >= 0.6 is 11.3 Å². The number of hydrogen-bond acceptors (Lipinski definition) is 4. The Bertz CT molecular complexity index is 1170. The van der Waals surface area contributed by atoms with Crippen LogP contribution in [0.4, 0.5) is 4.39 Å². The number of hydrogen-bond donors (Lipinski definition) is 0. The van der Waals surface area contributed by atoms with E-state index in [-0.39, 0.29) is 23.7 Å². The monoisotopic (exact) mass is 396 g/mol. The maximum atomic E-state index is 13.6. The van der Waals surface area contributed by atoms with E-state index in [9.17, 15) is 14.0 Å². The van der Waals surface area contributed by atoms with Gasteiger partial charge in [0.05, 0.1) is 16.8 Å². The highest BCUT2D eigenvalue weighted by Crippen LogP contribution is 2.15. The first kappa shape index (κ1) is 19.9. The Balaban J connectivity index is 2.18.